The summed E-state index contributed by atoms with van der Waals surface area (Å²) in [6, 6.07) is 15.0. The minimum Gasteiger partial charge on any atom is -0.381 e. The first-order chi connectivity index (χ1) is 8.84. The largest absolute Gasteiger partial charge is 0.381 e. The van der Waals surface area contributed by atoms with Crippen molar-refractivity contribution in [2.75, 3.05) is 13.2 Å². The molecular formula is C16H17ClO. The quantitative estimate of drug-likeness (QED) is 0.758. The van der Waals surface area contributed by atoms with E-state index in [1.54, 1.807) is 0 Å². The van der Waals surface area contributed by atoms with Crippen LogP contribution in [0.2, 0.25) is 0 Å². The summed E-state index contributed by atoms with van der Waals surface area (Å²) in [7, 11) is 0. The minimum absolute atomic E-state index is 0.179. The number of ether oxygens (including phenoxy) is 1. The number of fused-ring (bicyclic) bond motifs is 1. The topological polar surface area (TPSA) is 9.23 Å². The van der Waals surface area contributed by atoms with E-state index in [0.29, 0.717) is 5.92 Å². The van der Waals surface area contributed by atoms with Crippen LogP contribution in [0.15, 0.2) is 42.5 Å². The number of benzene rings is 2. The third kappa shape index (κ3) is 2.38. The van der Waals surface area contributed by atoms with Gasteiger partial charge in [0.2, 0.25) is 0 Å². The zero-order valence-corrected chi connectivity index (χ0v) is 11.1. The molecule has 0 aromatic heterocycles. The average Bonchev–Trinajstić information content (AvgIpc) is 2.93. The summed E-state index contributed by atoms with van der Waals surface area (Å²) >= 11 is 6.54. The molecule has 0 bridgehead atoms. The lowest BCUT2D eigenvalue weighted by molar-refractivity contribution is 0.185. The Morgan fingerprint density at radius 3 is 2.83 bits per heavy atom. The molecule has 2 aromatic carbocycles. The molecule has 0 saturated carbocycles. The van der Waals surface area contributed by atoms with Crippen LogP contribution in [0.5, 0.6) is 0 Å². The van der Waals surface area contributed by atoms with E-state index in [1.165, 1.54) is 16.3 Å². The second-order valence-electron chi connectivity index (χ2n) is 4.98. The van der Waals surface area contributed by atoms with E-state index in [2.05, 4.69) is 42.5 Å². The van der Waals surface area contributed by atoms with Gasteiger partial charge in [-0.1, -0.05) is 42.5 Å². The van der Waals surface area contributed by atoms with E-state index in [4.69, 9.17) is 16.3 Å². The molecule has 94 valence electrons. The summed E-state index contributed by atoms with van der Waals surface area (Å²) in [6.07, 6.45) is 2.02. The first kappa shape index (κ1) is 12.0. The predicted octanol–water partition coefficient (Wildman–Crippen LogP) is 4.03. The van der Waals surface area contributed by atoms with Gasteiger partial charge in [0.1, 0.15) is 0 Å². The highest BCUT2D eigenvalue weighted by atomic mass is 35.5. The summed E-state index contributed by atoms with van der Waals surface area (Å²) < 4.78 is 5.42. The van der Waals surface area contributed by atoms with Crippen molar-refractivity contribution in [3.8, 4) is 0 Å². The van der Waals surface area contributed by atoms with Crippen molar-refractivity contribution in [2.24, 2.45) is 5.92 Å². The molecule has 18 heavy (non-hydrogen) atoms. The standard InChI is InChI=1S/C16H17ClO/c17-16(14-8-9-18-11-14)10-13-6-3-5-12-4-1-2-7-15(12)13/h1-7,14,16H,8-11H2. The third-order valence-electron chi connectivity index (χ3n) is 3.77. The number of hydrogen-bond donors (Lipinski definition) is 0. The molecule has 2 atom stereocenters. The van der Waals surface area contributed by atoms with E-state index < -0.39 is 0 Å². The monoisotopic (exact) mass is 260 g/mol. The fourth-order valence-corrected chi connectivity index (χ4v) is 3.05. The van der Waals surface area contributed by atoms with Gasteiger partial charge in [-0.05, 0) is 29.2 Å². The molecule has 0 N–H and O–H groups in total. The van der Waals surface area contributed by atoms with Crippen LogP contribution in [0.3, 0.4) is 0 Å². The average molecular weight is 261 g/mol. The molecular weight excluding hydrogens is 244 g/mol. The van der Waals surface area contributed by atoms with Crippen molar-refractivity contribution in [1.29, 1.82) is 0 Å². The van der Waals surface area contributed by atoms with Crippen LogP contribution in [0.4, 0.5) is 0 Å². The zero-order chi connectivity index (χ0) is 12.4. The van der Waals surface area contributed by atoms with E-state index in [9.17, 15) is 0 Å². The van der Waals surface area contributed by atoms with Crippen LogP contribution in [-0.2, 0) is 11.2 Å². The summed E-state index contributed by atoms with van der Waals surface area (Å²) in [5, 5.41) is 2.80. The fraction of sp³-hybridized carbons (Fsp3) is 0.375. The molecule has 1 fully saturated rings. The lowest BCUT2D eigenvalue weighted by Crippen LogP contribution is -2.17. The molecule has 1 heterocycles. The lowest BCUT2D eigenvalue weighted by Gasteiger charge is -2.16. The lowest BCUT2D eigenvalue weighted by atomic mass is 9.95. The number of halogens is 1. The van der Waals surface area contributed by atoms with Gasteiger partial charge < -0.3 is 4.74 Å². The van der Waals surface area contributed by atoms with Crippen LogP contribution in [0.25, 0.3) is 10.8 Å². The van der Waals surface area contributed by atoms with E-state index in [1.807, 2.05) is 0 Å². The summed E-state index contributed by atoms with van der Waals surface area (Å²) in [5.74, 6) is 0.505. The van der Waals surface area contributed by atoms with Gasteiger partial charge in [0.25, 0.3) is 0 Å². The predicted molar refractivity (Wildman–Crippen MR) is 76.2 cm³/mol. The van der Waals surface area contributed by atoms with Gasteiger partial charge >= 0.3 is 0 Å². The number of alkyl halides is 1. The molecule has 1 saturated heterocycles. The van der Waals surface area contributed by atoms with Crippen molar-refractivity contribution in [1.82, 2.24) is 0 Å². The highest BCUT2D eigenvalue weighted by Gasteiger charge is 2.24. The second kappa shape index (κ2) is 5.29. The SMILES string of the molecule is ClC(Cc1cccc2ccccc12)C1CCOC1. The summed E-state index contributed by atoms with van der Waals surface area (Å²) in [4.78, 5) is 0. The van der Waals surface area contributed by atoms with Crippen LogP contribution in [-0.4, -0.2) is 18.6 Å². The van der Waals surface area contributed by atoms with Crippen LogP contribution >= 0.6 is 11.6 Å². The zero-order valence-electron chi connectivity index (χ0n) is 10.3. The first-order valence-corrected chi connectivity index (χ1v) is 6.97. The maximum absolute atomic E-state index is 6.54. The van der Waals surface area contributed by atoms with Gasteiger partial charge in [-0.15, -0.1) is 11.6 Å². The Hall–Kier alpha value is -1.05. The van der Waals surface area contributed by atoms with Gasteiger partial charge in [-0.25, -0.2) is 0 Å². The van der Waals surface area contributed by atoms with Crippen molar-refractivity contribution in [3.63, 3.8) is 0 Å². The van der Waals surface area contributed by atoms with Crippen LogP contribution < -0.4 is 0 Å². The summed E-state index contributed by atoms with van der Waals surface area (Å²) in [6.45, 7) is 1.68. The maximum Gasteiger partial charge on any atom is 0.0509 e. The van der Waals surface area contributed by atoms with E-state index in [0.717, 1.165) is 26.1 Å². The van der Waals surface area contributed by atoms with Crippen molar-refractivity contribution in [2.45, 2.75) is 18.2 Å². The molecule has 0 spiro atoms. The number of hydrogen-bond acceptors (Lipinski definition) is 1. The van der Waals surface area contributed by atoms with Crippen LogP contribution in [0, 0.1) is 5.92 Å². The van der Waals surface area contributed by atoms with Gasteiger partial charge in [0, 0.05) is 17.9 Å². The maximum atomic E-state index is 6.54. The number of rotatable bonds is 3. The molecule has 1 nitrogen and oxygen atoms in total. The molecule has 2 unspecified atom stereocenters. The smallest absolute Gasteiger partial charge is 0.0509 e. The Morgan fingerprint density at radius 1 is 1.17 bits per heavy atom. The second-order valence-corrected chi connectivity index (χ2v) is 5.54. The summed E-state index contributed by atoms with van der Waals surface area (Å²) in [5.41, 5.74) is 1.35. The fourth-order valence-electron chi connectivity index (χ4n) is 2.69. The van der Waals surface area contributed by atoms with Crippen molar-refractivity contribution < 1.29 is 4.74 Å². The normalized spacial score (nSPS) is 21.3. The first-order valence-electron chi connectivity index (χ1n) is 6.53. The van der Waals surface area contributed by atoms with E-state index >= 15 is 0 Å². The highest BCUT2D eigenvalue weighted by Crippen LogP contribution is 2.27. The molecule has 0 amide bonds. The Morgan fingerprint density at radius 2 is 2.00 bits per heavy atom. The molecule has 2 heteroatoms. The molecule has 1 aliphatic rings. The van der Waals surface area contributed by atoms with Gasteiger partial charge in [0.15, 0.2) is 0 Å². The third-order valence-corrected chi connectivity index (χ3v) is 4.28. The molecule has 1 aliphatic heterocycles. The minimum atomic E-state index is 0.179. The van der Waals surface area contributed by atoms with Gasteiger partial charge in [0.05, 0.1) is 6.61 Å². The molecule has 0 aliphatic carbocycles. The molecule has 0 radical (unpaired) electrons. The van der Waals surface area contributed by atoms with Crippen molar-refractivity contribution >= 4 is 22.4 Å². The van der Waals surface area contributed by atoms with Gasteiger partial charge in [-0.2, -0.15) is 0 Å². The van der Waals surface area contributed by atoms with E-state index in [-0.39, 0.29) is 5.38 Å². The highest BCUT2D eigenvalue weighted by molar-refractivity contribution is 6.21. The Bertz CT molecular complexity index is 526. The molecule has 3 rings (SSSR count). The van der Waals surface area contributed by atoms with Crippen LogP contribution in [0.1, 0.15) is 12.0 Å². The Balaban J connectivity index is 1.85. The Kier molecular flexibility index (Phi) is 3.53. The van der Waals surface area contributed by atoms with Gasteiger partial charge in [-0.3, -0.25) is 0 Å². The molecule has 2 aromatic rings. The Labute approximate surface area is 113 Å². The van der Waals surface area contributed by atoms with Crippen molar-refractivity contribution in [3.05, 3.63) is 48.0 Å².